The predicted octanol–water partition coefficient (Wildman–Crippen LogP) is 4.96. The highest BCUT2D eigenvalue weighted by molar-refractivity contribution is 9.10. The molecule has 4 heteroatoms. The summed E-state index contributed by atoms with van der Waals surface area (Å²) in [5.74, 6) is -1.55. The highest BCUT2D eigenvalue weighted by atomic mass is 79.9. The van der Waals surface area contributed by atoms with Gasteiger partial charge in [-0.05, 0) is 50.5 Å². The van der Waals surface area contributed by atoms with E-state index in [2.05, 4.69) is 15.9 Å². The third-order valence-electron chi connectivity index (χ3n) is 3.44. The lowest BCUT2D eigenvalue weighted by Crippen LogP contribution is -2.06. The molecule has 106 valence electrons. The van der Waals surface area contributed by atoms with Crippen molar-refractivity contribution in [2.45, 2.75) is 6.10 Å². The minimum atomic E-state index is -1.35. The van der Waals surface area contributed by atoms with Crippen LogP contribution in [0.5, 0.6) is 0 Å². The third kappa shape index (κ3) is 2.57. The lowest BCUT2D eigenvalue weighted by atomic mass is 9.98. The molecule has 0 aliphatic heterocycles. The maximum Gasteiger partial charge on any atom is 0.146 e. The first-order valence-electron chi connectivity index (χ1n) is 6.38. The van der Waals surface area contributed by atoms with Crippen LogP contribution in [0, 0.1) is 11.6 Å². The van der Waals surface area contributed by atoms with E-state index in [-0.39, 0.29) is 10.0 Å². The van der Waals surface area contributed by atoms with Gasteiger partial charge in [0.25, 0.3) is 0 Å². The molecule has 0 bridgehead atoms. The van der Waals surface area contributed by atoms with Crippen molar-refractivity contribution >= 4 is 26.7 Å². The summed E-state index contributed by atoms with van der Waals surface area (Å²) in [4.78, 5) is 0. The van der Waals surface area contributed by atoms with Crippen LogP contribution in [-0.4, -0.2) is 5.11 Å². The highest BCUT2D eigenvalue weighted by Gasteiger charge is 2.21. The Morgan fingerprint density at radius 2 is 1.62 bits per heavy atom. The normalized spacial score (nSPS) is 12.6. The minimum absolute atomic E-state index is 0.124. The fourth-order valence-electron chi connectivity index (χ4n) is 2.34. The van der Waals surface area contributed by atoms with E-state index in [0.29, 0.717) is 5.56 Å². The Hall–Kier alpha value is -1.78. The van der Waals surface area contributed by atoms with Gasteiger partial charge in [0.05, 0.1) is 10.0 Å². The summed E-state index contributed by atoms with van der Waals surface area (Å²) in [6.07, 6.45) is -1.35. The van der Waals surface area contributed by atoms with Gasteiger partial charge >= 0.3 is 0 Å². The van der Waals surface area contributed by atoms with E-state index in [1.54, 1.807) is 12.1 Å². The molecule has 1 atom stereocenters. The summed E-state index contributed by atoms with van der Waals surface area (Å²) in [6, 6.07) is 15.2. The second-order valence-corrected chi connectivity index (χ2v) is 5.62. The smallest absolute Gasteiger partial charge is 0.146 e. The van der Waals surface area contributed by atoms with Crippen LogP contribution in [0.4, 0.5) is 8.78 Å². The van der Waals surface area contributed by atoms with Gasteiger partial charge in [-0.15, -0.1) is 0 Å². The maximum absolute atomic E-state index is 14.1. The molecule has 3 aromatic carbocycles. The van der Waals surface area contributed by atoms with Crippen LogP contribution < -0.4 is 0 Å². The number of hydrogen-bond acceptors (Lipinski definition) is 1. The quantitative estimate of drug-likeness (QED) is 0.648. The Bertz CT molecular complexity index is 817. The van der Waals surface area contributed by atoms with Crippen LogP contribution >= 0.6 is 15.9 Å². The molecule has 0 aliphatic carbocycles. The second kappa shape index (κ2) is 5.54. The number of hydrogen-bond donors (Lipinski definition) is 1. The molecule has 1 N–H and O–H groups in total. The molecule has 0 saturated heterocycles. The first-order chi connectivity index (χ1) is 10.1. The number of aliphatic hydroxyl groups excluding tert-OH is 1. The molecule has 21 heavy (non-hydrogen) atoms. The fraction of sp³-hybridized carbons (Fsp3) is 0.0588. The number of benzene rings is 3. The Kier molecular flexibility index (Phi) is 3.74. The highest BCUT2D eigenvalue weighted by Crippen LogP contribution is 2.31. The maximum atomic E-state index is 14.1. The minimum Gasteiger partial charge on any atom is -0.383 e. The lowest BCUT2D eigenvalue weighted by Gasteiger charge is -2.15. The molecular formula is C17H11BrF2O. The average Bonchev–Trinajstić information content (AvgIpc) is 2.51. The van der Waals surface area contributed by atoms with E-state index in [1.165, 1.54) is 6.07 Å². The standard InChI is InChI=1S/C17H11BrF2O/c18-13-7-8-14(19)15(16(13)20)17(21)12-6-5-10-3-1-2-4-11(10)9-12/h1-9,17,21H. The molecule has 0 fully saturated rings. The number of rotatable bonds is 2. The first-order valence-corrected chi connectivity index (χ1v) is 7.17. The van der Waals surface area contributed by atoms with E-state index >= 15 is 0 Å². The predicted molar refractivity (Wildman–Crippen MR) is 82.1 cm³/mol. The van der Waals surface area contributed by atoms with Gasteiger partial charge in [-0.2, -0.15) is 0 Å². The molecule has 0 spiro atoms. The van der Waals surface area contributed by atoms with Crippen molar-refractivity contribution in [3.05, 3.63) is 81.8 Å². The molecule has 1 unspecified atom stereocenters. The molecule has 0 radical (unpaired) electrons. The van der Waals surface area contributed by atoms with Gasteiger partial charge in [-0.25, -0.2) is 8.78 Å². The summed E-state index contributed by atoms with van der Waals surface area (Å²) in [5, 5.41) is 12.2. The zero-order valence-corrected chi connectivity index (χ0v) is 12.4. The van der Waals surface area contributed by atoms with Crippen molar-refractivity contribution in [1.29, 1.82) is 0 Å². The van der Waals surface area contributed by atoms with Crippen molar-refractivity contribution in [3.63, 3.8) is 0 Å². The van der Waals surface area contributed by atoms with Crippen LogP contribution in [0.15, 0.2) is 59.1 Å². The van der Waals surface area contributed by atoms with Gasteiger partial charge in [-0.3, -0.25) is 0 Å². The van der Waals surface area contributed by atoms with E-state index in [1.807, 2.05) is 30.3 Å². The molecule has 0 amide bonds. The van der Waals surface area contributed by atoms with Crippen LogP contribution in [0.1, 0.15) is 17.2 Å². The molecule has 0 aromatic heterocycles. The van der Waals surface area contributed by atoms with Crippen LogP contribution in [0.25, 0.3) is 10.8 Å². The van der Waals surface area contributed by atoms with Crippen LogP contribution in [-0.2, 0) is 0 Å². The molecule has 3 rings (SSSR count). The van der Waals surface area contributed by atoms with Crippen molar-refractivity contribution in [2.75, 3.05) is 0 Å². The summed E-state index contributed by atoms with van der Waals surface area (Å²) >= 11 is 3.01. The Balaban J connectivity index is 2.12. The third-order valence-corrected chi connectivity index (χ3v) is 4.05. The van der Waals surface area contributed by atoms with Crippen molar-refractivity contribution in [2.24, 2.45) is 0 Å². The Morgan fingerprint density at radius 3 is 2.38 bits per heavy atom. The largest absolute Gasteiger partial charge is 0.383 e. The van der Waals surface area contributed by atoms with Gasteiger partial charge < -0.3 is 5.11 Å². The summed E-state index contributed by atoms with van der Waals surface area (Å²) in [5.41, 5.74) is 0.101. The van der Waals surface area contributed by atoms with Gasteiger partial charge in [0.15, 0.2) is 0 Å². The van der Waals surface area contributed by atoms with Gasteiger partial charge in [0, 0.05) is 0 Å². The number of aliphatic hydroxyl groups is 1. The van der Waals surface area contributed by atoms with E-state index in [0.717, 1.165) is 16.8 Å². The van der Waals surface area contributed by atoms with E-state index in [4.69, 9.17) is 0 Å². The van der Waals surface area contributed by atoms with Gasteiger partial charge in [0.1, 0.15) is 17.7 Å². The lowest BCUT2D eigenvalue weighted by molar-refractivity contribution is 0.209. The molecule has 0 saturated carbocycles. The number of halogens is 3. The fourth-order valence-corrected chi connectivity index (χ4v) is 2.68. The van der Waals surface area contributed by atoms with Gasteiger partial charge in [-0.1, -0.05) is 36.4 Å². The van der Waals surface area contributed by atoms with Gasteiger partial charge in [0.2, 0.25) is 0 Å². The SMILES string of the molecule is OC(c1ccc2ccccc2c1)c1c(F)ccc(Br)c1F. The summed E-state index contributed by atoms with van der Waals surface area (Å²) < 4.78 is 28.0. The first kappa shape index (κ1) is 14.2. The monoisotopic (exact) mass is 348 g/mol. The zero-order valence-electron chi connectivity index (χ0n) is 10.9. The zero-order chi connectivity index (χ0) is 15.0. The molecule has 0 heterocycles. The van der Waals surface area contributed by atoms with Crippen molar-refractivity contribution in [3.8, 4) is 0 Å². The van der Waals surface area contributed by atoms with Crippen molar-refractivity contribution in [1.82, 2.24) is 0 Å². The summed E-state index contributed by atoms with van der Waals surface area (Å²) in [7, 11) is 0. The average molecular weight is 349 g/mol. The molecular weight excluding hydrogens is 338 g/mol. The molecule has 0 aliphatic rings. The molecule has 1 nitrogen and oxygen atoms in total. The molecule has 3 aromatic rings. The van der Waals surface area contributed by atoms with E-state index < -0.39 is 17.7 Å². The Labute approximate surface area is 129 Å². The Morgan fingerprint density at radius 1 is 0.905 bits per heavy atom. The number of fused-ring (bicyclic) bond motifs is 1. The topological polar surface area (TPSA) is 20.2 Å². The van der Waals surface area contributed by atoms with E-state index in [9.17, 15) is 13.9 Å². The summed E-state index contributed by atoms with van der Waals surface area (Å²) in [6.45, 7) is 0. The second-order valence-electron chi connectivity index (χ2n) is 4.77. The van der Waals surface area contributed by atoms with Crippen molar-refractivity contribution < 1.29 is 13.9 Å². The van der Waals surface area contributed by atoms with Crippen LogP contribution in [0.3, 0.4) is 0 Å². The van der Waals surface area contributed by atoms with Crippen LogP contribution in [0.2, 0.25) is 0 Å².